The normalized spacial score (nSPS) is 14.6. The number of primary amides is 2. The molecule has 2 aliphatic rings. The first-order valence-electron chi connectivity index (χ1n) is 36.3. The molecule has 26 heteroatoms. The van der Waals surface area contributed by atoms with Crippen LogP contribution in [0.1, 0.15) is 90.0 Å². The van der Waals surface area contributed by atoms with Gasteiger partial charge in [0.1, 0.15) is 0 Å². The van der Waals surface area contributed by atoms with Crippen molar-refractivity contribution in [3.63, 3.8) is 0 Å². The molecule has 0 bridgehead atoms. The average molecular weight is 1810 g/mol. The molecular weight excluding hydrogens is 1720 g/mol. The molecule has 6 heterocycles. The first-order valence-corrected chi connectivity index (χ1v) is 44.1. The number of fused-ring (bicyclic) bond motifs is 2. The van der Waals surface area contributed by atoms with E-state index in [1.165, 1.54) is 52.5 Å². The van der Waals surface area contributed by atoms with Crippen LogP contribution < -0.4 is 43.3 Å². The summed E-state index contributed by atoms with van der Waals surface area (Å²) in [5, 5.41) is 38.2. The second-order valence-electron chi connectivity index (χ2n) is 26.5. The van der Waals surface area contributed by atoms with Crippen LogP contribution in [0.25, 0.3) is 33.4 Å². The number of halogens is 3. The van der Waals surface area contributed by atoms with Crippen molar-refractivity contribution < 1.29 is 54.9 Å². The molecule has 12 aromatic rings. The molecule has 0 radical (unpaired) electrons. The van der Waals surface area contributed by atoms with E-state index in [-0.39, 0.29) is 51.5 Å². The molecule has 114 heavy (non-hydrogen) atoms. The minimum atomic E-state index is -1.71. The maximum atomic E-state index is 12.2. The number of amides is 6. The van der Waals surface area contributed by atoms with Crippen LogP contribution in [-0.4, -0.2) is 147 Å². The first-order chi connectivity index (χ1) is 54.9. The summed E-state index contributed by atoms with van der Waals surface area (Å²) < 4.78 is 4.13. The fraction of sp³-hybridized carbons (Fsp3) is 0.205. The largest absolute Gasteiger partial charge is 0.0622 e. The van der Waals surface area contributed by atoms with E-state index in [4.69, 9.17) is 36.9 Å². The van der Waals surface area contributed by atoms with E-state index >= 15 is 0 Å². The van der Waals surface area contributed by atoms with E-state index in [0.717, 1.165) is 33.1 Å². The second-order valence-corrected chi connectivity index (χ2v) is 34.5. The smallest absolute Gasteiger partial charge is 0.0134 e. The summed E-state index contributed by atoms with van der Waals surface area (Å²) in [6.07, 6.45) is 11.3. The Kier molecular flexibility index (Phi) is 32.8. The summed E-state index contributed by atoms with van der Waals surface area (Å²) in [5.41, 5.74) is 11.8. The van der Waals surface area contributed by atoms with Crippen molar-refractivity contribution in [1.82, 2.24) is 49.1 Å². The predicted molar refractivity (Wildman–Crippen MR) is 462 cm³/mol. The number of likely N-dealkylation sites (tertiary alicyclic amines) is 2. The molecule has 588 valence electrons. The van der Waals surface area contributed by atoms with Gasteiger partial charge in [0.25, 0.3) is 23.6 Å². The summed E-state index contributed by atoms with van der Waals surface area (Å²) in [7, 11) is 15.5. The Hall–Kier alpha value is -10.3. The van der Waals surface area contributed by atoms with Crippen LogP contribution >= 0.6 is 57.5 Å². The molecule has 0 spiro atoms. The van der Waals surface area contributed by atoms with Crippen molar-refractivity contribution in [3.05, 3.63) is 287 Å². The Morgan fingerprint density at radius 3 is 1.16 bits per heavy atom. The molecule has 0 unspecified atom stereocenters. The molecule has 20 nitrogen and oxygen atoms in total. The van der Waals surface area contributed by atoms with Gasteiger partial charge in [0, 0.05) is 112 Å². The Morgan fingerprint density at radius 1 is 0.526 bits per heavy atom. The molecule has 2 saturated heterocycles. The van der Waals surface area contributed by atoms with Gasteiger partial charge >= 0.3 is 35.0 Å². The molecule has 14 rings (SSSR count). The second kappa shape index (κ2) is 42.7. The summed E-state index contributed by atoms with van der Waals surface area (Å²) >= 11 is 2.09. The number of hydrogen-bond acceptors (Lipinski definition) is 12. The van der Waals surface area contributed by atoms with Crippen LogP contribution in [0.4, 0.5) is 0 Å². The third-order valence-corrected chi connectivity index (χ3v) is 23.8. The molecule has 2 atom stereocenters. The zero-order valence-corrected chi connectivity index (χ0v) is 70.7. The van der Waals surface area contributed by atoms with E-state index in [1.807, 2.05) is 50.2 Å². The third-order valence-electron chi connectivity index (χ3n) is 18.2. The van der Waals surface area contributed by atoms with Gasteiger partial charge in [0.05, 0.1) is 11.0 Å². The first kappa shape index (κ1) is 87.7. The number of pyridine rings is 2. The van der Waals surface area contributed by atoms with Crippen molar-refractivity contribution in [2.75, 3.05) is 41.3 Å². The Bertz CT molecular complexity index is 5070. The van der Waals surface area contributed by atoms with Gasteiger partial charge in [-0.1, -0.05) is 226 Å². The van der Waals surface area contributed by atoms with Crippen LogP contribution in [0.3, 0.4) is 0 Å². The molecule has 2 fully saturated rings. The Labute approximate surface area is 697 Å². The zero-order chi connectivity index (χ0) is 81.9. The summed E-state index contributed by atoms with van der Waals surface area (Å²) in [5.74, 6) is 6.69. The number of benzene rings is 8. The van der Waals surface area contributed by atoms with Crippen molar-refractivity contribution in [2.24, 2.45) is 11.5 Å². The summed E-state index contributed by atoms with van der Waals surface area (Å²) in [6, 6.07) is 82.9. The van der Waals surface area contributed by atoms with E-state index in [2.05, 4.69) is 243 Å². The minimum absolute atomic E-state index is 0.0427. The quantitative estimate of drug-likeness (QED) is 0.0270. The van der Waals surface area contributed by atoms with Crippen LogP contribution in [-0.2, 0) is 48.2 Å². The number of aromatic nitrogens is 6. The number of carbonyl (C=O) groups excluding carboxylic acids is 6. The number of nitrogens with two attached hydrogens (primary N) is 2. The van der Waals surface area contributed by atoms with Crippen molar-refractivity contribution >= 4 is 147 Å². The van der Waals surface area contributed by atoms with Crippen LogP contribution in [0, 0.1) is 27.8 Å². The van der Waals surface area contributed by atoms with Gasteiger partial charge in [-0.2, -0.15) is 10.2 Å². The molecule has 8 aromatic carbocycles. The van der Waals surface area contributed by atoms with Gasteiger partial charge in [-0.3, -0.25) is 28.8 Å². The van der Waals surface area contributed by atoms with Gasteiger partial charge in [-0.15, -0.1) is 6.42 Å². The number of likely N-dealkylation sites (N-methyl/N-ethyl adjacent to an activating group) is 2. The van der Waals surface area contributed by atoms with Gasteiger partial charge in [0.15, 0.2) is 23.0 Å². The van der Waals surface area contributed by atoms with Gasteiger partial charge in [-0.05, 0) is 143 Å². The van der Waals surface area contributed by atoms with Crippen LogP contribution in [0.15, 0.2) is 255 Å². The topological polar surface area (TPSA) is 269 Å². The van der Waals surface area contributed by atoms with Gasteiger partial charge < -0.3 is 41.3 Å². The summed E-state index contributed by atoms with van der Waals surface area (Å²) in [4.78, 5) is 86.4. The SMILES string of the molecule is C#C[C@]1(O)CCN(C)C1=O.CCCC(=O)N(C)Cc1ccc2c(c1)c(C(N)=O)nn2-c1cc(C#C[C@]2(O)CCN(C)C2=O)ccn1.CCCC(=O)N(C)Cc1ccc2c(c1)c(C(N)=O)nn2-c1cc(I)ccn1.[Cl][Pd][Cl].c1ccc(P(c2ccccc2)c2ccccc2)cc1.c1ccc(P(c2ccccc2)c2ccccc2)cc1. The maximum absolute atomic E-state index is 12.2. The molecular formula is C88H87Cl2IN12O8P2Pd. The number of hydrogen-bond donors (Lipinski definition) is 4. The predicted octanol–water partition coefficient (Wildman–Crippen LogP) is 11.6. The van der Waals surface area contributed by atoms with E-state index < -0.39 is 44.8 Å². The molecule has 6 amide bonds. The van der Waals surface area contributed by atoms with Crippen molar-refractivity contribution in [2.45, 2.75) is 76.7 Å². The number of rotatable bonds is 18. The molecule has 0 saturated carbocycles. The zero-order valence-electron chi connectivity index (χ0n) is 63.7. The minimum Gasteiger partial charge on any atom is -0.0622 e. The van der Waals surface area contributed by atoms with Crippen LogP contribution in [0.5, 0.6) is 0 Å². The van der Waals surface area contributed by atoms with E-state index in [9.17, 15) is 39.0 Å². The van der Waals surface area contributed by atoms with Gasteiger partial charge in [0.2, 0.25) is 23.0 Å². The number of carbonyl (C=O) groups is 6. The van der Waals surface area contributed by atoms with E-state index in [1.54, 1.807) is 73.1 Å². The fourth-order valence-electron chi connectivity index (χ4n) is 12.4. The number of aliphatic hydroxyl groups is 2. The van der Waals surface area contributed by atoms with Crippen molar-refractivity contribution in [1.29, 1.82) is 0 Å². The Balaban J connectivity index is 0.000000170. The number of terminal acetylenes is 1. The monoisotopic (exact) mass is 1800 g/mol. The molecule has 0 aliphatic carbocycles. The van der Waals surface area contributed by atoms with Crippen molar-refractivity contribution in [3.8, 4) is 35.8 Å². The summed E-state index contributed by atoms with van der Waals surface area (Å²) in [6.45, 7) is 5.75. The van der Waals surface area contributed by atoms with Gasteiger partial charge in [-0.25, -0.2) is 19.3 Å². The standard InChI is InChI=1S/C26H28N6O4.C19H20IN5O2.2C18H15P.C7H9NO2.2ClH.Pd/c1-4-5-22(33)31(3)16-18-6-7-20-19(14-18)23(24(27)34)29-32(20)21-15-17(9-12-28-21)8-10-26(36)11-13-30(2)25(26)35;1-3-4-17(26)24(2)11-12-5-6-15-14(9-12)18(19(21)27)23-25(15)16-10-13(20)7-8-22-16;2*1-4-10-16(11-5-1)19(17-12-6-2-7-13-17)18-14-8-3-9-15-18;1-3-7(10)4-5-8(2)6(7)9;;;/h6-7,9,12,14-15,36H,4-5,11,13,16H2,1-3H3,(H2,27,34);5-10H,3-4,11H2,1-2H3,(H2,21,27);2*1-15H;1,10H,4-5H2,2H3;2*1H;/q;;;;;;;+2/p-2/t26-;;;;7-;;;/m0...0.../s1. The fourth-order valence-corrected chi connectivity index (χ4v) is 17.4. The third kappa shape index (κ3) is 23.2. The molecule has 6 N–H and O–H groups in total. The van der Waals surface area contributed by atoms with Crippen LogP contribution in [0.2, 0.25) is 0 Å². The maximum Gasteiger partial charge on any atom is -0.0134 e. The molecule has 2 aliphatic heterocycles. The van der Waals surface area contributed by atoms with E-state index in [0.29, 0.717) is 78.9 Å². The molecule has 4 aromatic heterocycles. The number of nitrogens with zero attached hydrogens (tertiary/aromatic N) is 10. The average Bonchev–Trinajstić information content (AvgIpc) is 1.62. The Morgan fingerprint density at radius 2 is 0.860 bits per heavy atom.